The van der Waals surface area contributed by atoms with Crippen molar-refractivity contribution in [3.05, 3.63) is 90.5 Å². The molecule has 0 bridgehead atoms. The summed E-state index contributed by atoms with van der Waals surface area (Å²) in [5.74, 6) is 0. The molecule has 0 radical (unpaired) electrons. The van der Waals surface area contributed by atoms with Crippen LogP contribution >= 0.6 is 19.4 Å². The Kier molecular flexibility index (Phi) is 5.61. The fourth-order valence-electron chi connectivity index (χ4n) is 2.45. The number of nitrogens with zero attached hydrogens (tertiary/aromatic N) is 1. The molecular formula is C19H20N3OPS. The minimum atomic E-state index is -3.42. The van der Waals surface area contributed by atoms with Gasteiger partial charge in [-0.2, -0.15) is 0 Å². The van der Waals surface area contributed by atoms with Crippen molar-refractivity contribution in [1.29, 1.82) is 0 Å². The van der Waals surface area contributed by atoms with Crippen molar-refractivity contribution < 1.29 is 4.57 Å². The second-order valence-electron chi connectivity index (χ2n) is 5.62. The average molecular weight is 369 g/mol. The van der Waals surface area contributed by atoms with Gasteiger partial charge >= 0.3 is 7.59 Å². The molecule has 0 unspecified atom stereocenters. The SMILES string of the molecule is NP(N)(=O)N(Cc1ccccc1)c1ccc(Sc2ccccc2)cc1. The third kappa shape index (κ3) is 4.97. The van der Waals surface area contributed by atoms with E-state index < -0.39 is 7.59 Å². The summed E-state index contributed by atoms with van der Waals surface area (Å²) in [7, 11) is -3.42. The molecule has 3 rings (SSSR count). The molecule has 0 saturated heterocycles. The standard InChI is InChI=1S/C19H20N3OPS/c20-24(21,23)22(15-16-7-3-1-4-8-16)17-11-13-19(14-12-17)25-18-9-5-2-6-10-18/h1-14H,15H2,(H4,20,21,23). The molecule has 4 N–H and O–H groups in total. The van der Waals surface area contributed by atoms with Gasteiger partial charge in [-0.25, -0.2) is 0 Å². The summed E-state index contributed by atoms with van der Waals surface area (Å²) < 4.78 is 13.9. The van der Waals surface area contributed by atoms with E-state index in [0.29, 0.717) is 6.54 Å². The van der Waals surface area contributed by atoms with Crippen LogP contribution in [0.1, 0.15) is 5.56 Å². The minimum Gasteiger partial charge on any atom is -0.295 e. The highest BCUT2D eigenvalue weighted by atomic mass is 32.2. The molecule has 128 valence electrons. The van der Waals surface area contributed by atoms with Gasteiger partial charge in [0.1, 0.15) is 0 Å². The van der Waals surface area contributed by atoms with Crippen molar-refractivity contribution in [3.63, 3.8) is 0 Å². The zero-order valence-electron chi connectivity index (χ0n) is 13.7. The van der Waals surface area contributed by atoms with Crippen LogP contribution in [0.4, 0.5) is 5.69 Å². The van der Waals surface area contributed by atoms with Gasteiger partial charge in [0.2, 0.25) is 0 Å². The van der Waals surface area contributed by atoms with Crippen LogP contribution in [0, 0.1) is 0 Å². The van der Waals surface area contributed by atoms with E-state index in [-0.39, 0.29) is 0 Å². The predicted molar refractivity (Wildman–Crippen MR) is 106 cm³/mol. The van der Waals surface area contributed by atoms with Gasteiger partial charge in [0.05, 0.1) is 6.54 Å². The normalized spacial score (nSPS) is 11.3. The molecule has 0 aromatic heterocycles. The van der Waals surface area contributed by atoms with Crippen molar-refractivity contribution >= 4 is 25.0 Å². The minimum absolute atomic E-state index is 0.399. The first kappa shape index (κ1) is 17.8. The lowest BCUT2D eigenvalue weighted by molar-refractivity contribution is 0.572. The van der Waals surface area contributed by atoms with Crippen LogP contribution in [-0.2, 0) is 11.1 Å². The quantitative estimate of drug-likeness (QED) is 0.607. The van der Waals surface area contributed by atoms with Crippen LogP contribution in [0.2, 0.25) is 0 Å². The lowest BCUT2D eigenvalue weighted by atomic mass is 10.2. The summed E-state index contributed by atoms with van der Waals surface area (Å²) in [5.41, 5.74) is 13.3. The van der Waals surface area contributed by atoms with Gasteiger partial charge in [0.25, 0.3) is 0 Å². The van der Waals surface area contributed by atoms with Crippen LogP contribution < -0.4 is 15.7 Å². The maximum absolute atomic E-state index is 12.4. The van der Waals surface area contributed by atoms with Crippen LogP contribution in [0.3, 0.4) is 0 Å². The van der Waals surface area contributed by atoms with E-state index >= 15 is 0 Å². The molecule has 0 heterocycles. The average Bonchev–Trinajstić information content (AvgIpc) is 2.61. The molecule has 0 amide bonds. The summed E-state index contributed by atoms with van der Waals surface area (Å²) in [5, 5.41) is 0. The number of nitrogens with two attached hydrogens (primary N) is 2. The molecule has 0 atom stereocenters. The van der Waals surface area contributed by atoms with E-state index in [1.807, 2.05) is 72.8 Å². The predicted octanol–water partition coefficient (Wildman–Crippen LogP) is 4.87. The molecule has 3 aromatic rings. The summed E-state index contributed by atoms with van der Waals surface area (Å²) in [6.07, 6.45) is 0. The molecule has 3 aromatic carbocycles. The maximum Gasteiger partial charge on any atom is 0.300 e. The van der Waals surface area contributed by atoms with E-state index in [2.05, 4.69) is 12.1 Å². The number of rotatable bonds is 6. The van der Waals surface area contributed by atoms with E-state index in [1.165, 1.54) is 4.90 Å². The largest absolute Gasteiger partial charge is 0.300 e. The second kappa shape index (κ2) is 7.89. The van der Waals surface area contributed by atoms with Gasteiger partial charge in [-0.15, -0.1) is 0 Å². The summed E-state index contributed by atoms with van der Waals surface area (Å²) in [6.45, 7) is 0.399. The van der Waals surface area contributed by atoms with Gasteiger partial charge in [-0.3, -0.25) is 20.2 Å². The first-order chi connectivity index (χ1) is 12.0. The van der Waals surface area contributed by atoms with Crippen molar-refractivity contribution in [3.8, 4) is 0 Å². The van der Waals surface area contributed by atoms with Crippen LogP contribution in [0.25, 0.3) is 0 Å². The molecule has 6 heteroatoms. The fourth-order valence-corrected chi connectivity index (χ4v) is 4.17. The third-order valence-corrected chi connectivity index (χ3v) is 5.81. The highest BCUT2D eigenvalue weighted by Crippen LogP contribution is 2.39. The van der Waals surface area contributed by atoms with Gasteiger partial charge in [0.15, 0.2) is 0 Å². The highest BCUT2D eigenvalue weighted by Gasteiger charge is 2.22. The molecule has 0 aliphatic heterocycles. The number of hydrogen-bond acceptors (Lipinski definition) is 2. The van der Waals surface area contributed by atoms with E-state index in [9.17, 15) is 4.57 Å². The zero-order valence-corrected chi connectivity index (χ0v) is 15.4. The van der Waals surface area contributed by atoms with Crippen molar-refractivity contribution in [2.45, 2.75) is 16.3 Å². The monoisotopic (exact) mass is 369 g/mol. The molecular weight excluding hydrogens is 349 g/mol. The smallest absolute Gasteiger partial charge is 0.295 e. The Morgan fingerprint density at radius 1 is 0.760 bits per heavy atom. The van der Waals surface area contributed by atoms with Crippen molar-refractivity contribution in [2.75, 3.05) is 4.67 Å². The van der Waals surface area contributed by atoms with Crippen LogP contribution in [-0.4, -0.2) is 0 Å². The molecule has 4 nitrogen and oxygen atoms in total. The van der Waals surface area contributed by atoms with E-state index in [4.69, 9.17) is 11.0 Å². The Bertz CT molecular complexity index is 851. The van der Waals surface area contributed by atoms with Gasteiger partial charge in [-0.05, 0) is 42.0 Å². The molecule has 0 aliphatic carbocycles. The number of benzene rings is 3. The van der Waals surface area contributed by atoms with Crippen molar-refractivity contribution in [1.82, 2.24) is 0 Å². The highest BCUT2D eigenvalue weighted by molar-refractivity contribution is 7.99. The zero-order chi connectivity index (χ0) is 17.7. The lowest BCUT2D eigenvalue weighted by Gasteiger charge is -2.28. The summed E-state index contributed by atoms with van der Waals surface area (Å²) >= 11 is 1.67. The molecule has 0 spiro atoms. The second-order valence-corrected chi connectivity index (χ2v) is 8.60. The third-order valence-electron chi connectivity index (χ3n) is 3.67. The van der Waals surface area contributed by atoms with Gasteiger partial charge in [0, 0.05) is 15.5 Å². The topological polar surface area (TPSA) is 72.3 Å². The summed E-state index contributed by atoms with van der Waals surface area (Å²) in [4.78, 5) is 2.26. The van der Waals surface area contributed by atoms with Crippen molar-refractivity contribution in [2.24, 2.45) is 11.0 Å². The Morgan fingerprint density at radius 3 is 1.84 bits per heavy atom. The summed E-state index contributed by atoms with van der Waals surface area (Å²) in [6, 6.07) is 27.7. The number of anilines is 1. The molecule has 0 aliphatic rings. The Labute approximate surface area is 152 Å². The molecule has 25 heavy (non-hydrogen) atoms. The first-order valence-corrected chi connectivity index (χ1v) is 10.5. The van der Waals surface area contributed by atoms with E-state index in [1.54, 1.807) is 16.4 Å². The number of hydrogen-bond donors (Lipinski definition) is 2. The molecule has 0 saturated carbocycles. The van der Waals surface area contributed by atoms with Crippen LogP contribution in [0.15, 0.2) is 94.7 Å². The van der Waals surface area contributed by atoms with Crippen LogP contribution in [0.5, 0.6) is 0 Å². The Hall–Kier alpha value is -2.04. The van der Waals surface area contributed by atoms with E-state index in [0.717, 1.165) is 16.1 Å². The fraction of sp³-hybridized carbons (Fsp3) is 0.0526. The maximum atomic E-state index is 12.4. The Balaban J connectivity index is 1.81. The molecule has 0 fully saturated rings. The lowest BCUT2D eigenvalue weighted by Crippen LogP contribution is -2.28. The Morgan fingerprint density at radius 2 is 1.28 bits per heavy atom. The first-order valence-electron chi connectivity index (χ1n) is 7.84. The van der Waals surface area contributed by atoms with Gasteiger partial charge < -0.3 is 0 Å². The van der Waals surface area contributed by atoms with Gasteiger partial charge in [-0.1, -0.05) is 60.3 Å².